The topological polar surface area (TPSA) is 0 Å². The molecule has 0 saturated heterocycles. The first-order valence-electron chi connectivity index (χ1n) is 4.93. The zero-order chi connectivity index (χ0) is 10.6. The van der Waals surface area contributed by atoms with Gasteiger partial charge in [-0.25, -0.2) is 0 Å². The molecule has 76 valence electrons. The highest BCUT2D eigenvalue weighted by atomic mass is 35.5. The van der Waals surface area contributed by atoms with Crippen molar-refractivity contribution in [2.75, 3.05) is 0 Å². The molecule has 1 atom stereocenters. The molecule has 1 aromatic carbocycles. The van der Waals surface area contributed by atoms with Gasteiger partial charge in [-0.05, 0) is 32.8 Å². The van der Waals surface area contributed by atoms with E-state index in [9.17, 15) is 0 Å². The minimum Gasteiger partial charge on any atom is -0.118 e. The normalized spacial score (nSPS) is 12.3. The molecule has 0 spiro atoms. The Morgan fingerprint density at radius 1 is 1.14 bits per heavy atom. The lowest BCUT2D eigenvalue weighted by Gasteiger charge is -2.11. The Kier molecular flexibility index (Phi) is 4.21. The Hall–Kier alpha value is -0.750. The first-order chi connectivity index (χ1) is 6.61. The maximum atomic E-state index is 6.30. The van der Waals surface area contributed by atoms with Gasteiger partial charge >= 0.3 is 0 Å². The van der Waals surface area contributed by atoms with Gasteiger partial charge in [0.2, 0.25) is 0 Å². The molecule has 0 aliphatic heterocycles. The van der Waals surface area contributed by atoms with Crippen LogP contribution in [0.1, 0.15) is 26.3 Å². The van der Waals surface area contributed by atoms with Gasteiger partial charge in [-0.2, -0.15) is 0 Å². The second-order valence-corrected chi connectivity index (χ2v) is 4.37. The number of hydrogen-bond acceptors (Lipinski definition) is 0. The van der Waals surface area contributed by atoms with Crippen LogP contribution in [-0.2, 0) is 6.42 Å². The van der Waals surface area contributed by atoms with Gasteiger partial charge in [0.25, 0.3) is 0 Å². The summed E-state index contributed by atoms with van der Waals surface area (Å²) in [4.78, 5) is 0. The molecule has 0 fully saturated rings. The first-order valence-corrected chi connectivity index (χ1v) is 5.37. The molecular formula is C13H17Cl. The third-order valence-electron chi connectivity index (χ3n) is 2.52. The molecule has 0 heterocycles. The number of rotatable bonds is 3. The number of allylic oxidation sites excluding steroid dienone is 2. The number of hydrogen-bond donors (Lipinski definition) is 0. The predicted octanol–water partition coefficient (Wildman–Crippen LogP) is 4.19. The van der Waals surface area contributed by atoms with Crippen molar-refractivity contribution in [2.24, 2.45) is 0 Å². The molecule has 0 N–H and O–H groups in total. The Morgan fingerprint density at radius 2 is 1.71 bits per heavy atom. The van der Waals surface area contributed by atoms with Gasteiger partial charge in [0.1, 0.15) is 0 Å². The first kappa shape index (κ1) is 11.3. The van der Waals surface area contributed by atoms with Gasteiger partial charge in [0.15, 0.2) is 0 Å². The largest absolute Gasteiger partial charge is 0.118 e. The average Bonchev–Trinajstić information content (AvgIpc) is 2.18. The van der Waals surface area contributed by atoms with Gasteiger partial charge in [-0.1, -0.05) is 41.5 Å². The molecule has 0 radical (unpaired) electrons. The molecule has 14 heavy (non-hydrogen) atoms. The molecule has 0 aliphatic carbocycles. The highest BCUT2D eigenvalue weighted by molar-refractivity contribution is 6.22. The summed E-state index contributed by atoms with van der Waals surface area (Å²) < 4.78 is 0. The van der Waals surface area contributed by atoms with Crippen LogP contribution in [0.15, 0.2) is 41.5 Å². The summed E-state index contributed by atoms with van der Waals surface area (Å²) in [7, 11) is 0. The van der Waals surface area contributed by atoms with E-state index < -0.39 is 0 Å². The SMILES string of the molecule is CC(C)=C(C)C(Cl)Cc1ccccc1. The second-order valence-electron chi connectivity index (χ2n) is 3.84. The lowest BCUT2D eigenvalue weighted by Crippen LogP contribution is -2.06. The van der Waals surface area contributed by atoms with Crippen molar-refractivity contribution in [3.8, 4) is 0 Å². The Balaban J connectivity index is 2.67. The minimum atomic E-state index is 0.127. The van der Waals surface area contributed by atoms with E-state index in [-0.39, 0.29) is 5.38 Å². The van der Waals surface area contributed by atoms with Crippen LogP contribution in [0.25, 0.3) is 0 Å². The van der Waals surface area contributed by atoms with Gasteiger partial charge in [0.05, 0.1) is 5.38 Å². The summed E-state index contributed by atoms with van der Waals surface area (Å²) in [5, 5.41) is 0.127. The Bertz CT molecular complexity index is 307. The van der Waals surface area contributed by atoms with Crippen LogP contribution in [0.4, 0.5) is 0 Å². The smallest absolute Gasteiger partial charge is 0.0585 e. The molecule has 0 aliphatic rings. The maximum Gasteiger partial charge on any atom is 0.0585 e. The molecule has 1 heteroatoms. The van der Waals surface area contributed by atoms with Crippen LogP contribution < -0.4 is 0 Å². The average molecular weight is 209 g/mol. The van der Waals surface area contributed by atoms with Crippen LogP contribution in [0.5, 0.6) is 0 Å². The fraction of sp³-hybridized carbons (Fsp3) is 0.385. The highest BCUT2D eigenvalue weighted by Gasteiger charge is 2.08. The van der Waals surface area contributed by atoms with Gasteiger partial charge in [-0.3, -0.25) is 0 Å². The quantitative estimate of drug-likeness (QED) is 0.516. The minimum absolute atomic E-state index is 0.127. The molecule has 0 amide bonds. The van der Waals surface area contributed by atoms with Crippen molar-refractivity contribution in [1.29, 1.82) is 0 Å². The van der Waals surface area contributed by atoms with Crippen molar-refractivity contribution >= 4 is 11.6 Å². The van der Waals surface area contributed by atoms with Crippen molar-refractivity contribution < 1.29 is 0 Å². The van der Waals surface area contributed by atoms with E-state index in [1.165, 1.54) is 16.7 Å². The molecule has 0 saturated carbocycles. The van der Waals surface area contributed by atoms with Crippen molar-refractivity contribution in [3.63, 3.8) is 0 Å². The standard InChI is InChI=1S/C13H17Cl/c1-10(2)11(3)13(14)9-12-7-5-4-6-8-12/h4-8,13H,9H2,1-3H3. The summed E-state index contributed by atoms with van der Waals surface area (Å²) >= 11 is 6.30. The van der Waals surface area contributed by atoms with Crippen LogP contribution in [0.2, 0.25) is 0 Å². The predicted molar refractivity (Wildman–Crippen MR) is 63.8 cm³/mol. The molecule has 0 nitrogen and oxygen atoms in total. The summed E-state index contributed by atoms with van der Waals surface area (Å²) in [6.45, 7) is 6.32. The summed E-state index contributed by atoms with van der Waals surface area (Å²) in [6.07, 6.45) is 0.916. The van der Waals surface area contributed by atoms with Crippen LogP contribution in [0, 0.1) is 0 Å². The molecule has 0 bridgehead atoms. The summed E-state index contributed by atoms with van der Waals surface area (Å²) in [6, 6.07) is 10.4. The highest BCUT2D eigenvalue weighted by Crippen LogP contribution is 2.18. The fourth-order valence-corrected chi connectivity index (χ4v) is 1.68. The van der Waals surface area contributed by atoms with E-state index >= 15 is 0 Å². The van der Waals surface area contributed by atoms with Gasteiger partial charge in [-0.15, -0.1) is 11.6 Å². The zero-order valence-electron chi connectivity index (χ0n) is 9.05. The third-order valence-corrected chi connectivity index (χ3v) is 3.00. The number of benzene rings is 1. The molecular weight excluding hydrogens is 192 g/mol. The van der Waals surface area contributed by atoms with Crippen molar-refractivity contribution in [1.82, 2.24) is 0 Å². The van der Waals surface area contributed by atoms with Crippen LogP contribution in [-0.4, -0.2) is 5.38 Å². The van der Waals surface area contributed by atoms with E-state index in [1.807, 2.05) is 6.07 Å². The van der Waals surface area contributed by atoms with Gasteiger partial charge in [0, 0.05) is 0 Å². The molecule has 1 aromatic rings. The fourth-order valence-electron chi connectivity index (χ4n) is 1.29. The van der Waals surface area contributed by atoms with Crippen LogP contribution >= 0.6 is 11.6 Å². The lowest BCUT2D eigenvalue weighted by atomic mass is 10.0. The van der Waals surface area contributed by atoms with E-state index in [4.69, 9.17) is 11.6 Å². The Morgan fingerprint density at radius 3 is 2.21 bits per heavy atom. The molecule has 1 unspecified atom stereocenters. The monoisotopic (exact) mass is 208 g/mol. The Labute approximate surface area is 91.6 Å². The van der Waals surface area contributed by atoms with E-state index in [2.05, 4.69) is 45.0 Å². The van der Waals surface area contributed by atoms with Crippen LogP contribution in [0.3, 0.4) is 0 Å². The third kappa shape index (κ3) is 3.19. The summed E-state index contributed by atoms with van der Waals surface area (Å²) in [5.74, 6) is 0. The van der Waals surface area contributed by atoms with E-state index in [0.717, 1.165) is 6.42 Å². The zero-order valence-corrected chi connectivity index (χ0v) is 9.81. The maximum absolute atomic E-state index is 6.30. The number of alkyl halides is 1. The van der Waals surface area contributed by atoms with Crippen molar-refractivity contribution in [3.05, 3.63) is 47.0 Å². The lowest BCUT2D eigenvalue weighted by molar-refractivity contribution is 0.931. The molecule has 0 aromatic heterocycles. The molecule has 1 rings (SSSR count). The second kappa shape index (κ2) is 5.21. The van der Waals surface area contributed by atoms with E-state index in [1.54, 1.807) is 0 Å². The van der Waals surface area contributed by atoms with Crippen molar-refractivity contribution in [2.45, 2.75) is 32.6 Å². The number of halogens is 1. The van der Waals surface area contributed by atoms with E-state index in [0.29, 0.717) is 0 Å². The van der Waals surface area contributed by atoms with Gasteiger partial charge < -0.3 is 0 Å². The summed E-state index contributed by atoms with van der Waals surface area (Å²) in [5.41, 5.74) is 3.91.